The summed E-state index contributed by atoms with van der Waals surface area (Å²) < 4.78 is 0. The molecule has 0 saturated carbocycles. The highest BCUT2D eigenvalue weighted by Crippen LogP contribution is 2.15. The Morgan fingerprint density at radius 3 is 3.08 bits per heavy atom. The lowest BCUT2D eigenvalue weighted by Crippen LogP contribution is -2.37. The molecule has 0 radical (unpaired) electrons. The number of piperidine rings is 1. The molecule has 0 N–H and O–H groups in total. The normalized spacial score (nSPS) is 26.0. The Bertz CT molecular complexity index is 121. The fourth-order valence-electron chi connectivity index (χ4n) is 1.54. The third-order valence-corrected chi connectivity index (χ3v) is 3.44. The summed E-state index contributed by atoms with van der Waals surface area (Å²) in [5.74, 6) is 2.50. The summed E-state index contributed by atoms with van der Waals surface area (Å²) in [5, 5.41) is 0.408. The molecule has 0 spiro atoms. The maximum atomic E-state index is 6.08. The van der Waals surface area contributed by atoms with Gasteiger partial charge in [0.15, 0.2) is 0 Å². The molecular weight excluding hydrogens is 190 g/mol. The first kappa shape index (κ1) is 10.7. The zero-order valence-electron chi connectivity index (χ0n) is 7.76. The molecule has 72 valence electrons. The lowest BCUT2D eigenvalue weighted by molar-refractivity contribution is 0.245. The summed E-state index contributed by atoms with van der Waals surface area (Å²) in [6.45, 7) is 5.80. The molecular formula is C9H18ClNS. The number of likely N-dealkylation sites (tertiary alicyclic amines) is 1. The van der Waals surface area contributed by atoms with E-state index in [-0.39, 0.29) is 0 Å². The Morgan fingerprint density at radius 1 is 1.58 bits per heavy atom. The summed E-state index contributed by atoms with van der Waals surface area (Å²) in [4.78, 5) is 2.49. The van der Waals surface area contributed by atoms with Gasteiger partial charge < -0.3 is 4.90 Å². The van der Waals surface area contributed by atoms with Gasteiger partial charge in [-0.15, -0.1) is 11.6 Å². The molecule has 1 atom stereocenters. The zero-order valence-corrected chi connectivity index (χ0v) is 9.33. The lowest BCUT2D eigenvalue weighted by Gasteiger charge is -2.29. The second-order valence-electron chi connectivity index (χ2n) is 3.24. The van der Waals surface area contributed by atoms with Crippen LogP contribution >= 0.6 is 23.4 Å². The standard InChI is InChI=1S/C9H18ClNS/c1-2-12-7-6-11-5-3-4-9(10)8-11/h9H,2-8H2,1H3. The molecule has 1 heterocycles. The van der Waals surface area contributed by atoms with E-state index in [9.17, 15) is 0 Å². The van der Waals surface area contributed by atoms with Crippen molar-refractivity contribution < 1.29 is 0 Å². The van der Waals surface area contributed by atoms with E-state index in [1.165, 1.54) is 37.4 Å². The van der Waals surface area contributed by atoms with Crippen molar-refractivity contribution in [2.45, 2.75) is 25.1 Å². The Hall–Kier alpha value is 0.600. The predicted octanol–water partition coefficient (Wildman–Crippen LogP) is 2.44. The van der Waals surface area contributed by atoms with E-state index < -0.39 is 0 Å². The monoisotopic (exact) mass is 207 g/mol. The highest BCUT2D eigenvalue weighted by molar-refractivity contribution is 7.99. The van der Waals surface area contributed by atoms with Gasteiger partial charge in [0.1, 0.15) is 0 Å². The fraction of sp³-hybridized carbons (Fsp3) is 1.00. The van der Waals surface area contributed by atoms with Gasteiger partial charge in [0.2, 0.25) is 0 Å². The average molecular weight is 208 g/mol. The van der Waals surface area contributed by atoms with Gasteiger partial charge in [-0.05, 0) is 25.1 Å². The Morgan fingerprint density at radius 2 is 2.42 bits per heavy atom. The molecule has 1 fully saturated rings. The van der Waals surface area contributed by atoms with Crippen molar-refractivity contribution in [2.24, 2.45) is 0 Å². The summed E-state index contributed by atoms with van der Waals surface area (Å²) in [5.41, 5.74) is 0. The van der Waals surface area contributed by atoms with Crippen LogP contribution in [0.5, 0.6) is 0 Å². The Kier molecular flexibility index (Phi) is 5.44. The van der Waals surface area contributed by atoms with Crippen molar-refractivity contribution in [2.75, 3.05) is 31.1 Å². The molecule has 1 nitrogen and oxygen atoms in total. The maximum Gasteiger partial charge on any atom is 0.0463 e. The van der Waals surface area contributed by atoms with Gasteiger partial charge in [-0.1, -0.05) is 6.92 Å². The summed E-state index contributed by atoms with van der Waals surface area (Å²) in [6.07, 6.45) is 2.49. The lowest BCUT2D eigenvalue weighted by atomic mass is 10.1. The molecule has 1 aliphatic heterocycles. The maximum absolute atomic E-state index is 6.08. The molecule has 1 unspecified atom stereocenters. The van der Waals surface area contributed by atoms with Crippen LogP contribution < -0.4 is 0 Å². The van der Waals surface area contributed by atoms with E-state index in [4.69, 9.17) is 11.6 Å². The first-order chi connectivity index (χ1) is 5.83. The van der Waals surface area contributed by atoms with Crippen molar-refractivity contribution in [3.05, 3.63) is 0 Å². The Labute approximate surface area is 84.8 Å². The summed E-state index contributed by atoms with van der Waals surface area (Å²) in [7, 11) is 0. The molecule has 3 heteroatoms. The molecule has 0 aliphatic carbocycles. The van der Waals surface area contributed by atoms with Crippen molar-refractivity contribution in [1.82, 2.24) is 4.90 Å². The minimum Gasteiger partial charge on any atom is -0.301 e. The number of halogens is 1. The molecule has 0 aromatic carbocycles. The van der Waals surface area contributed by atoms with Crippen LogP contribution in [0.15, 0.2) is 0 Å². The number of hydrogen-bond donors (Lipinski definition) is 0. The van der Waals surface area contributed by atoms with Gasteiger partial charge in [-0.2, -0.15) is 11.8 Å². The fourth-order valence-corrected chi connectivity index (χ4v) is 2.57. The van der Waals surface area contributed by atoms with Gasteiger partial charge in [0, 0.05) is 24.2 Å². The van der Waals surface area contributed by atoms with Gasteiger partial charge >= 0.3 is 0 Å². The molecule has 12 heavy (non-hydrogen) atoms. The third-order valence-electron chi connectivity index (χ3n) is 2.20. The van der Waals surface area contributed by atoms with Crippen LogP contribution in [0.1, 0.15) is 19.8 Å². The van der Waals surface area contributed by atoms with Crippen LogP contribution in [0.25, 0.3) is 0 Å². The zero-order chi connectivity index (χ0) is 8.81. The SMILES string of the molecule is CCSCCN1CCCC(Cl)C1. The number of alkyl halides is 1. The van der Waals surface area contributed by atoms with Gasteiger partial charge in [0.25, 0.3) is 0 Å². The topological polar surface area (TPSA) is 3.24 Å². The molecule has 1 rings (SSSR count). The summed E-state index contributed by atoms with van der Waals surface area (Å²) in [6, 6.07) is 0. The van der Waals surface area contributed by atoms with Gasteiger partial charge in [-0.25, -0.2) is 0 Å². The Balaban J connectivity index is 2.06. The van der Waals surface area contributed by atoms with Crippen LogP contribution in [-0.2, 0) is 0 Å². The van der Waals surface area contributed by atoms with Crippen LogP contribution in [0.4, 0.5) is 0 Å². The molecule has 0 aromatic heterocycles. The first-order valence-corrected chi connectivity index (χ1v) is 6.36. The quantitative estimate of drug-likeness (QED) is 0.515. The van der Waals surface area contributed by atoms with Gasteiger partial charge in [0.05, 0.1) is 0 Å². The predicted molar refractivity (Wildman–Crippen MR) is 58.3 cm³/mol. The van der Waals surface area contributed by atoms with E-state index in [0.717, 1.165) is 6.54 Å². The average Bonchev–Trinajstić information content (AvgIpc) is 2.05. The highest BCUT2D eigenvalue weighted by atomic mass is 35.5. The van der Waals surface area contributed by atoms with Crippen molar-refractivity contribution in [3.63, 3.8) is 0 Å². The number of rotatable bonds is 4. The number of hydrogen-bond acceptors (Lipinski definition) is 2. The summed E-state index contributed by atoms with van der Waals surface area (Å²) >= 11 is 8.09. The van der Waals surface area contributed by atoms with E-state index >= 15 is 0 Å². The number of thioether (sulfide) groups is 1. The van der Waals surface area contributed by atoms with Gasteiger partial charge in [-0.3, -0.25) is 0 Å². The second-order valence-corrected chi connectivity index (χ2v) is 5.25. The molecule has 0 amide bonds. The smallest absolute Gasteiger partial charge is 0.0463 e. The van der Waals surface area contributed by atoms with E-state index in [1.54, 1.807) is 0 Å². The van der Waals surface area contributed by atoms with E-state index in [0.29, 0.717) is 5.38 Å². The van der Waals surface area contributed by atoms with E-state index in [1.807, 2.05) is 11.8 Å². The van der Waals surface area contributed by atoms with Crippen molar-refractivity contribution in [3.8, 4) is 0 Å². The van der Waals surface area contributed by atoms with Crippen LogP contribution in [0.2, 0.25) is 0 Å². The first-order valence-electron chi connectivity index (χ1n) is 4.77. The largest absolute Gasteiger partial charge is 0.301 e. The molecule has 1 saturated heterocycles. The van der Waals surface area contributed by atoms with Crippen LogP contribution in [-0.4, -0.2) is 41.4 Å². The molecule has 0 bridgehead atoms. The van der Waals surface area contributed by atoms with E-state index in [2.05, 4.69) is 11.8 Å². The number of nitrogens with zero attached hydrogens (tertiary/aromatic N) is 1. The minimum absolute atomic E-state index is 0.408. The van der Waals surface area contributed by atoms with Crippen LogP contribution in [0.3, 0.4) is 0 Å². The van der Waals surface area contributed by atoms with Crippen molar-refractivity contribution in [1.29, 1.82) is 0 Å². The third kappa shape index (κ3) is 4.01. The minimum atomic E-state index is 0.408. The molecule has 1 aliphatic rings. The van der Waals surface area contributed by atoms with Crippen molar-refractivity contribution >= 4 is 23.4 Å². The molecule has 0 aromatic rings. The second kappa shape index (κ2) is 6.11. The van der Waals surface area contributed by atoms with Crippen LogP contribution in [0, 0.1) is 0 Å². The highest BCUT2D eigenvalue weighted by Gasteiger charge is 2.16.